The normalized spacial score (nSPS) is 11.3. The SMILES string of the molecule is CCn1nc(C(=O)Nc2ccc(C(=O)NC(C)(C)CC)cc2)c2ccccc2c1=O. The first-order valence-corrected chi connectivity index (χ1v) is 9.99. The second kappa shape index (κ2) is 8.49. The number of nitrogens with one attached hydrogen (secondary N) is 2. The molecule has 156 valence electrons. The van der Waals surface area contributed by atoms with Crippen LogP contribution in [-0.2, 0) is 6.54 Å². The van der Waals surface area contributed by atoms with E-state index < -0.39 is 5.91 Å². The van der Waals surface area contributed by atoms with Crippen molar-refractivity contribution in [2.45, 2.75) is 46.2 Å². The van der Waals surface area contributed by atoms with E-state index in [9.17, 15) is 14.4 Å². The fraction of sp³-hybridized carbons (Fsp3) is 0.304. The zero-order valence-electron chi connectivity index (χ0n) is 17.7. The minimum Gasteiger partial charge on any atom is -0.347 e. The Kier molecular flexibility index (Phi) is 6.01. The van der Waals surface area contributed by atoms with Gasteiger partial charge in [-0.1, -0.05) is 25.1 Å². The number of nitrogens with zero attached hydrogens (tertiary/aromatic N) is 2. The quantitative estimate of drug-likeness (QED) is 0.654. The number of carbonyl (C=O) groups excluding carboxylic acids is 2. The Morgan fingerprint density at radius 2 is 1.60 bits per heavy atom. The molecular formula is C23H26N4O3. The monoisotopic (exact) mass is 406 g/mol. The average molecular weight is 406 g/mol. The van der Waals surface area contributed by atoms with E-state index in [0.29, 0.717) is 28.6 Å². The van der Waals surface area contributed by atoms with Gasteiger partial charge >= 0.3 is 0 Å². The summed E-state index contributed by atoms with van der Waals surface area (Å²) in [5, 5.41) is 11.0. The fourth-order valence-electron chi connectivity index (χ4n) is 2.98. The number of rotatable bonds is 6. The number of benzene rings is 2. The van der Waals surface area contributed by atoms with E-state index in [-0.39, 0.29) is 22.7 Å². The van der Waals surface area contributed by atoms with Crippen LogP contribution in [0.25, 0.3) is 10.8 Å². The molecule has 0 spiro atoms. The highest BCUT2D eigenvalue weighted by molar-refractivity contribution is 6.11. The lowest BCUT2D eigenvalue weighted by Crippen LogP contribution is -2.42. The molecule has 1 aromatic heterocycles. The number of hydrogen-bond acceptors (Lipinski definition) is 4. The lowest BCUT2D eigenvalue weighted by molar-refractivity contribution is 0.0911. The van der Waals surface area contributed by atoms with Crippen LogP contribution in [0, 0.1) is 0 Å². The molecule has 2 aromatic carbocycles. The van der Waals surface area contributed by atoms with Crippen molar-refractivity contribution in [3.05, 3.63) is 70.1 Å². The largest absolute Gasteiger partial charge is 0.347 e. The minimum absolute atomic E-state index is 0.164. The zero-order valence-corrected chi connectivity index (χ0v) is 17.7. The molecule has 0 fully saturated rings. The van der Waals surface area contributed by atoms with E-state index in [1.165, 1.54) is 4.68 Å². The predicted octanol–water partition coefficient (Wildman–Crippen LogP) is 3.59. The van der Waals surface area contributed by atoms with E-state index in [1.54, 1.807) is 55.5 Å². The molecule has 0 radical (unpaired) electrons. The van der Waals surface area contributed by atoms with Gasteiger partial charge in [0.1, 0.15) is 0 Å². The summed E-state index contributed by atoms with van der Waals surface area (Å²) in [7, 11) is 0. The second-order valence-electron chi connectivity index (χ2n) is 7.74. The van der Waals surface area contributed by atoms with Crippen LogP contribution in [0.15, 0.2) is 53.3 Å². The molecule has 0 saturated heterocycles. The smallest absolute Gasteiger partial charge is 0.276 e. The zero-order chi connectivity index (χ0) is 21.9. The first kappa shape index (κ1) is 21.2. The summed E-state index contributed by atoms with van der Waals surface area (Å²) in [6.07, 6.45) is 0.813. The minimum atomic E-state index is -0.419. The third-order valence-corrected chi connectivity index (χ3v) is 5.12. The predicted molar refractivity (Wildman–Crippen MR) is 118 cm³/mol. The van der Waals surface area contributed by atoms with Crippen molar-refractivity contribution in [3.63, 3.8) is 0 Å². The molecule has 3 aromatic rings. The maximum Gasteiger partial charge on any atom is 0.276 e. The highest BCUT2D eigenvalue weighted by Crippen LogP contribution is 2.17. The number of anilines is 1. The second-order valence-corrected chi connectivity index (χ2v) is 7.74. The lowest BCUT2D eigenvalue weighted by Gasteiger charge is -2.24. The van der Waals surface area contributed by atoms with Crippen LogP contribution in [0.3, 0.4) is 0 Å². The van der Waals surface area contributed by atoms with Gasteiger partial charge in [-0.15, -0.1) is 0 Å². The van der Waals surface area contributed by atoms with E-state index in [0.717, 1.165) is 6.42 Å². The molecule has 0 unspecified atom stereocenters. The first-order chi connectivity index (χ1) is 14.3. The van der Waals surface area contributed by atoms with Crippen LogP contribution in [0.2, 0.25) is 0 Å². The number of aryl methyl sites for hydroxylation is 1. The fourth-order valence-corrected chi connectivity index (χ4v) is 2.98. The molecule has 0 aliphatic carbocycles. The highest BCUT2D eigenvalue weighted by Gasteiger charge is 2.19. The van der Waals surface area contributed by atoms with Gasteiger partial charge in [-0.25, -0.2) is 4.68 Å². The number of carbonyl (C=O) groups is 2. The Bertz CT molecular complexity index is 1150. The summed E-state index contributed by atoms with van der Waals surface area (Å²) >= 11 is 0. The van der Waals surface area contributed by atoms with Gasteiger partial charge in [-0.2, -0.15) is 5.10 Å². The molecule has 7 nitrogen and oxygen atoms in total. The Morgan fingerprint density at radius 3 is 2.20 bits per heavy atom. The van der Waals surface area contributed by atoms with Crippen molar-refractivity contribution in [1.29, 1.82) is 0 Å². The van der Waals surface area contributed by atoms with Crippen molar-refractivity contribution < 1.29 is 9.59 Å². The van der Waals surface area contributed by atoms with Crippen molar-refractivity contribution in [2.24, 2.45) is 0 Å². The van der Waals surface area contributed by atoms with E-state index >= 15 is 0 Å². The molecule has 3 rings (SSSR count). The first-order valence-electron chi connectivity index (χ1n) is 9.99. The Hall–Kier alpha value is -3.48. The van der Waals surface area contributed by atoms with Crippen LogP contribution < -0.4 is 16.2 Å². The maximum atomic E-state index is 12.9. The molecule has 0 aliphatic rings. The number of fused-ring (bicyclic) bond motifs is 1. The molecular weight excluding hydrogens is 380 g/mol. The van der Waals surface area contributed by atoms with Crippen molar-refractivity contribution in [2.75, 3.05) is 5.32 Å². The van der Waals surface area contributed by atoms with E-state index in [1.807, 2.05) is 20.8 Å². The average Bonchev–Trinajstić information content (AvgIpc) is 2.74. The molecule has 30 heavy (non-hydrogen) atoms. The van der Waals surface area contributed by atoms with Crippen LogP contribution in [0.5, 0.6) is 0 Å². The molecule has 2 amide bonds. The Labute approximate surface area is 175 Å². The molecule has 1 heterocycles. The van der Waals surface area contributed by atoms with E-state index in [2.05, 4.69) is 15.7 Å². The van der Waals surface area contributed by atoms with Crippen LogP contribution in [0.4, 0.5) is 5.69 Å². The summed E-state index contributed by atoms with van der Waals surface area (Å²) < 4.78 is 1.28. The Balaban J connectivity index is 1.84. The Morgan fingerprint density at radius 1 is 0.967 bits per heavy atom. The number of hydrogen-bond donors (Lipinski definition) is 2. The van der Waals surface area contributed by atoms with Crippen LogP contribution >= 0.6 is 0 Å². The lowest BCUT2D eigenvalue weighted by atomic mass is 10.0. The highest BCUT2D eigenvalue weighted by atomic mass is 16.2. The van der Waals surface area contributed by atoms with Gasteiger partial charge < -0.3 is 10.6 Å². The third-order valence-electron chi connectivity index (χ3n) is 5.12. The van der Waals surface area contributed by atoms with Crippen molar-refractivity contribution in [1.82, 2.24) is 15.1 Å². The standard InChI is InChI=1S/C23H26N4O3/c1-5-23(3,4)25-20(28)15-11-13-16(14-12-15)24-21(29)19-17-9-7-8-10-18(17)22(30)27(6-2)26-19/h7-14H,5-6H2,1-4H3,(H,24,29)(H,25,28). The van der Waals surface area contributed by atoms with Gasteiger partial charge in [-0.05, 0) is 57.5 Å². The molecule has 2 N–H and O–H groups in total. The molecule has 0 saturated carbocycles. The number of aromatic nitrogens is 2. The molecule has 0 bridgehead atoms. The van der Waals surface area contributed by atoms with Gasteiger partial charge in [-0.3, -0.25) is 14.4 Å². The van der Waals surface area contributed by atoms with Crippen LogP contribution in [-0.4, -0.2) is 27.1 Å². The molecule has 0 atom stereocenters. The van der Waals surface area contributed by atoms with Gasteiger partial charge in [0, 0.05) is 28.7 Å². The summed E-state index contributed by atoms with van der Waals surface area (Å²) in [6.45, 7) is 8.10. The summed E-state index contributed by atoms with van der Waals surface area (Å²) in [4.78, 5) is 37.7. The van der Waals surface area contributed by atoms with Gasteiger partial charge in [0.2, 0.25) is 0 Å². The van der Waals surface area contributed by atoms with Gasteiger partial charge in [0.25, 0.3) is 17.4 Å². The molecule has 7 heteroatoms. The van der Waals surface area contributed by atoms with Crippen molar-refractivity contribution >= 4 is 28.3 Å². The summed E-state index contributed by atoms with van der Waals surface area (Å²) in [6, 6.07) is 13.6. The van der Waals surface area contributed by atoms with Gasteiger partial charge in [0.15, 0.2) is 5.69 Å². The number of amides is 2. The summed E-state index contributed by atoms with van der Waals surface area (Å²) in [5.74, 6) is -0.583. The van der Waals surface area contributed by atoms with Crippen LogP contribution in [0.1, 0.15) is 55.0 Å². The van der Waals surface area contributed by atoms with E-state index in [4.69, 9.17) is 0 Å². The third kappa shape index (κ3) is 4.40. The summed E-state index contributed by atoms with van der Waals surface area (Å²) in [5.41, 5.74) is 0.705. The maximum absolute atomic E-state index is 12.9. The topological polar surface area (TPSA) is 93.1 Å². The van der Waals surface area contributed by atoms with Crippen molar-refractivity contribution in [3.8, 4) is 0 Å². The van der Waals surface area contributed by atoms with Gasteiger partial charge in [0.05, 0.1) is 5.39 Å². The molecule has 0 aliphatic heterocycles.